The topological polar surface area (TPSA) is 62.3 Å². The molecule has 0 amide bonds. The number of aromatic nitrogens is 1. The van der Waals surface area contributed by atoms with Gasteiger partial charge in [-0.2, -0.15) is 5.10 Å². The van der Waals surface area contributed by atoms with Gasteiger partial charge >= 0.3 is 0 Å². The van der Waals surface area contributed by atoms with Crippen LogP contribution in [-0.4, -0.2) is 89.7 Å². The molecule has 6 heterocycles. The number of halogens is 1. The zero-order valence-electron chi connectivity index (χ0n) is 22.1. The minimum atomic E-state index is -0.0213. The summed E-state index contributed by atoms with van der Waals surface area (Å²) in [5.41, 5.74) is 2.99. The van der Waals surface area contributed by atoms with E-state index in [1.807, 2.05) is 18.1 Å². The summed E-state index contributed by atoms with van der Waals surface area (Å²) in [5, 5.41) is 14.0. The van der Waals surface area contributed by atoms with Crippen molar-refractivity contribution in [2.75, 3.05) is 50.7 Å². The Kier molecular flexibility index (Phi) is 6.20. The average Bonchev–Trinajstić information content (AvgIpc) is 3.57. The maximum absolute atomic E-state index is 14.4. The number of allylic oxidation sites excluding steroid dienone is 2. The van der Waals surface area contributed by atoms with Gasteiger partial charge in [-0.1, -0.05) is 19.1 Å². The second kappa shape index (κ2) is 9.85. The van der Waals surface area contributed by atoms with Crippen LogP contribution in [0.1, 0.15) is 31.9 Å². The number of pyridine rings is 1. The second-order valence-corrected chi connectivity index (χ2v) is 11.2. The molecule has 8 nitrogen and oxygen atoms in total. The Hall–Kier alpha value is -3.17. The SMILES string of the molecule is CC1CC=C([C@H]2CCCN2C2=NN3C(c4cccc(N5CCN(C6CNC6)CC5)n4)=CNC3C=C2)C=C1F. The number of hydrogen-bond donors (Lipinski definition) is 2. The number of hydrazone groups is 1. The fourth-order valence-electron chi connectivity index (χ4n) is 6.36. The molecule has 1 aliphatic carbocycles. The van der Waals surface area contributed by atoms with Crippen LogP contribution in [0.15, 0.2) is 65.2 Å². The standard InChI is InChI=1S/C29H37FN8/c1-20-7-8-21(16-23(20)30)25-5-3-11-37(25)29-10-9-27-32-19-26(38(27)34-29)24-4-2-6-28(33-24)36-14-12-35(13-15-36)22-17-31-18-22/h2,4,6,8-10,16,19-20,22,25,27,31-32H,3,5,7,11-15,17-18H2,1H3/t20?,25-,27?/m1/s1. The predicted molar refractivity (Wildman–Crippen MR) is 149 cm³/mol. The molecular weight excluding hydrogens is 479 g/mol. The van der Waals surface area contributed by atoms with Crippen LogP contribution < -0.4 is 15.5 Å². The first-order chi connectivity index (χ1) is 18.6. The van der Waals surface area contributed by atoms with Crippen molar-refractivity contribution in [1.82, 2.24) is 30.4 Å². The molecule has 2 N–H and O–H groups in total. The third-order valence-electron chi connectivity index (χ3n) is 8.86. The highest BCUT2D eigenvalue weighted by molar-refractivity contribution is 5.95. The van der Waals surface area contributed by atoms with Crippen LogP contribution >= 0.6 is 0 Å². The molecule has 9 heteroatoms. The van der Waals surface area contributed by atoms with E-state index >= 15 is 0 Å². The summed E-state index contributed by atoms with van der Waals surface area (Å²) in [6.07, 6.45) is 13.1. The molecule has 0 radical (unpaired) electrons. The number of likely N-dealkylation sites (tertiary alicyclic amines) is 1. The Morgan fingerprint density at radius 3 is 2.74 bits per heavy atom. The van der Waals surface area contributed by atoms with Crippen molar-refractivity contribution in [1.29, 1.82) is 0 Å². The number of piperazine rings is 1. The average molecular weight is 517 g/mol. The highest BCUT2D eigenvalue weighted by Gasteiger charge is 2.35. The van der Waals surface area contributed by atoms with Crippen LogP contribution in [0.5, 0.6) is 0 Å². The lowest BCUT2D eigenvalue weighted by Gasteiger charge is -2.43. The number of nitrogens with zero attached hydrogens (tertiary/aromatic N) is 6. The van der Waals surface area contributed by atoms with Crippen LogP contribution in [0.2, 0.25) is 0 Å². The summed E-state index contributed by atoms with van der Waals surface area (Å²) >= 11 is 0. The highest BCUT2D eigenvalue weighted by atomic mass is 19.1. The van der Waals surface area contributed by atoms with Gasteiger partial charge in [-0.15, -0.1) is 0 Å². The number of amidine groups is 1. The van der Waals surface area contributed by atoms with E-state index in [0.29, 0.717) is 6.04 Å². The van der Waals surface area contributed by atoms with Gasteiger partial charge < -0.3 is 20.4 Å². The lowest BCUT2D eigenvalue weighted by atomic mass is 9.92. The Labute approximate surface area is 224 Å². The Bertz CT molecular complexity index is 1220. The van der Waals surface area contributed by atoms with Gasteiger partial charge in [0.1, 0.15) is 29.3 Å². The molecular formula is C29H37FN8. The van der Waals surface area contributed by atoms with Crippen molar-refractivity contribution in [3.63, 3.8) is 0 Å². The van der Waals surface area contributed by atoms with Crippen LogP contribution in [0, 0.1) is 5.92 Å². The molecule has 7 rings (SSSR count). The lowest BCUT2D eigenvalue weighted by Crippen LogP contribution is -2.61. The molecule has 3 saturated heterocycles. The van der Waals surface area contributed by atoms with E-state index < -0.39 is 0 Å². The largest absolute Gasteiger partial charge is 0.365 e. The van der Waals surface area contributed by atoms with E-state index in [9.17, 15) is 4.39 Å². The monoisotopic (exact) mass is 516 g/mol. The zero-order valence-corrected chi connectivity index (χ0v) is 22.1. The highest BCUT2D eigenvalue weighted by Crippen LogP contribution is 2.34. The van der Waals surface area contributed by atoms with E-state index in [0.717, 1.165) is 93.7 Å². The van der Waals surface area contributed by atoms with Gasteiger partial charge in [-0.25, -0.2) is 14.4 Å². The third kappa shape index (κ3) is 4.31. The van der Waals surface area contributed by atoms with Crippen LogP contribution in [0.25, 0.3) is 5.70 Å². The number of hydrogen-bond acceptors (Lipinski definition) is 8. The summed E-state index contributed by atoms with van der Waals surface area (Å²) in [7, 11) is 0. The molecule has 2 unspecified atom stereocenters. The second-order valence-electron chi connectivity index (χ2n) is 11.2. The molecule has 0 saturated carbocycles. The van der Waals surface area contributed by atoms with Gasteiger partial charge in [0.25, 0.3) is 0 Å². The first-order valence-corrected chi connectivity index (χ1v) is 14.2. The molecule has 3 fully saturated rings. The van der Waals surface area contributed by atoms with Gasteiger partial charge in [-0.3, -0.25) is 4.90 Å². The molecule has 200 valence electrons. The van der Waals surface area contributed by atoms with Crippen LogP contribution in [0.3, 0.4) is 0 Å². The van der Waals surface area contributed by atoms with E-state index in [-0.39, 0.29) is 24.0 Å². The number of nitrogens with one attached hydrogen (secondary N) is 2. The molecule has 1 aromatic rings. The summed E-state index contributed by atoms with van der Waals surface area (Å²) in [6, 6.07) is 7.17. The summed E-state index contributed by atoms with van der Waals surface area (Å²) in [5.74, 6) is 1.94. The lowest BCUT2D eigenvalue weighted by molar-refractivity contribution is 0.137. The quantitative estimate of drug-likeness (QED) is 0.638. The summed E-state index contributed by atoms with van der Waals surface area (Å²) in [6.45, 7) is 9.28. The van der Waals surface area contributed by atoms with Crippen molar-refractivity contribution >= 4 is 17.4 Å². The van der Waals surface area contributed by atoms with Gasteiger partial charge in [0.2, 0.25) is 0 Å². The van der Waals surface area contributed by atoms with Gasteiger partial charge in [0.05, 0.1) is 11.7 Å². The van der Waals surface area contributed by atoms with Gasteiger partial charge in [-0.05, 0) is 55.2 Å². The smallest absolute Gasteiger partial charge is 0.149 e. The Balaban J connectivity index is 1.08. The van der Waals surface area contributed by atoms with Gasteiger partial charge in [0.15, 0.2) is 0 Å². The van der Waals surface area contributed by atoms with Crippen molar-refractivity contribution < 1.29 is 4.39 Å². The molecule has 0 bridgehead atoms. The first-order valence-electron chi connectivity index (χ1n) is 14.2. The number of fused-ring (bicyclic) bond motifs is 1. The van der Waals surface area contributed by atoms with E-state index in [1.165, 1.54) is 0 Å². The molecule has 6 aliphatic rings. The molecule has 5 aliphatic heterocycles. The fourth-order valence-corrected chi connectivity index (χ4v) is 6.36. The van der Waals surface area contributed by atoms with Crippen molar-refractivity contribution in [2.24, 2.45) is 11.0 Å². The van der Waals surface area contributed by atoms with Crippen LogP contribution in [-0.2, 0) is 0 Å². The predicted octanol–water partition coefficient (Wildman–Crippen LogP) is 2.87. The Morgan fingerprint density at radius 1 is 1.08 bits per heavy atom. The van der Waals surface area contributed by atoms with Crippen molar-refractivity contribution in [3.8, 4) is 0 Å². The number of rotatable bonds is 4. The first kappa shape index (κ1) is 23.9. The van der Waals surface area contributed by atoms with Crippen molar-refractivity contribution in [2.45, 2.75) is 44.4 Å². The third-order valence-corrected chi connectivity index (χ3v) is 8.86. The van der Waals surface area contributed by atoms with E-state index in [1.54, 1.807) is 6.08 Å². The normalized spacial score (nSPS) is 29.8. The molecule has 0 aromatic carbocycles. The minimum Gasteiger partial charge on any atom is -0.365 e. The van der Waals surface area contributed by atoms with Crippen molar-refractivity contribution in [3.05, 3.63) is 65.8 Å². The minimum absolute atomic E-state index is 0.00285. The molecule has 1 aromatic heterocycles. The fraction of sp³-hybridized carbons (Fsp3) is 0.517. The van der Waals surface area contributed by atoms with Gasteiger partial charge in [0, 0.05) is 64.0 Å². The van der Waals surface area contributed by atoms with Crippen LogP contribution in [0.4, 0.5) is 10.2 Å². The molecule has 3 atom stereocenters. The zero-order chi connectivity index (χ0) is 25.6. The molecule has 38 heavy (non-hydrogen) atoms. The maximum Gasteiger partial charge on any atom is 0.149 e. The Morgan fingerprint density at radius 2 is 1.95 bits per heavy atom. The maximum atomic E-state index is 14.4. The summed E-state index contributed by atoms with van der Waals surface area (Å²) < 4.78 is 14.4. The van der Waals surface area contributed by atoms with E-state index in [4.69, 9.17) is 10.1 Å². The number of anilines is 1. The summed E-state index contributed by atoms with van der Waals surface area (Å²) in [4.78, 5) is 12.4. The molecule has 0 spiro atoms. The van der Waals surface area contributed by atoms with E-state index in [2.05, 4.69) is 61.8 Å².